The molecule has 1 amide bonds. The lowest BCUT2D eigenvalue weighted by Crippen LogP contribution is -2.38. The predicted molar refractivity (Wildman–Crippen MR) is 134 cm³/mol. The molecule has 0 aliphatic rings. The standard InChI is InChI=1S/C24H28F6N2O6S2/c1-8-40(35,36)15-10-14(22(5,6)25)11-31-18(15)32(20(34)38-21(2,3)4)12-13-9-16(23(26,27)24(28,29)30)39-17(13)19(33)37-7/h9-11H,8,12H2,1-7H3. The van der Waals surface area contributed by atoms with Crippen molar-refractivity contribution in [3.8, 4) is 0 Å². The molecule has 2 aromatic heterocycles. The molecule has 0 unspecified atom stereocenters. The molecule has 8 nitrogen and oxygen atoms in total. The maximum absolute atomic E-state index is 14.7. The molecule has 0 fully saturated rings. The molecule has 2 aromatic rings. The van der Waals surface area contributed by atoms with Gasteiger partial charge in [-0.1, -0.05) is 6.92 Å². The van der Waals surface area contributed by atoms with E-state index in [4.69, 9.17) is 4.74 Å². The number of sulfone groups is 1. The molecule has 0 N–H and O–H groups in total. The van der Waals surface area contributed by atoms with Crippen LogP contribution in [0.5, 0.6) is 0 Å². The van der Waals surface area contributed by atoms with E-state index in [1.54, 1.807) is 0 Å². The Bertz CT molecular complexity index is 1380. The number of aromatic nitrogens is 1. The second kappa shape index (κ2) is 11.2. The maximum Gasteiger partial charge on any atom is 0.458 e. The number of ether oxygens (including phenoxy) is 2. The van der Waals surface area contributed by atoms with Crippen LogP contribution < -0.4 is 4.90 Å². The van der Waals surface area contributed by atoms with E-state index in [1.807, 2.05) is 0 Å². The Labute approximate surface area is 231 Å². The highest BCUT2D eigenvalue weighted by Crippen LogP contribution is 2.47. The SMILES string of the molecule is CCS(=O)(=O)c1cc(C(C)(C)F)cnc1N(Cc1cc(C(F)(F)C(F)(F)F)sc1C(=O)OC)C(=O)OC(C)(C)C. The number of esters is 1. The third-order valence-corrected chi connectivity index (χ3v) is 8.24. The number of amides is 1. The molecular formula is C24H28F6N2O6S2. The monoisotopic (exact) mass is 618 g/mol. The summed E-state index contributed by atoms with van der Waals surface area (Å²) in [6, 6.07) is 1.31. The van der Waals surface area contributed by atoms with Crippen molar-refractivity contribution in [1.29, 1.82) is 0 Å². The van der Waals surface area contributed by atoms with Crippen molar-refractivity contribution >= 4 is 39.1 Å². The lowest BCUT2D eigenvalue weighted by Gasteiger charge is -2.28. The topological polar surface area (TPSA) is 103 Å². The Morgan fingerprint density at radius 1 is 1.02 bits per heavy atom. The number of nitrogens with zero attached hydrogens (tertiary/aromatic N) is 2. The summed E-state index contributed by atoms with van der Waals surface area (Å²) in [5.41, 5.74) is -3.96. The lowest BCUT2D eigenvalue weighted by atomic mass is 10.0. The molecule has 0 spiro atoms. The Morgan fingerprint density at radius 2 is 1.60 bits per heavy atom. The van der Waals surface area contributed by atoms with Crippen molar-refractivity contribution in [2.45, 2.75) is 76.4 Å². The average molecular weight is 619 g/mol. The summed E-state index contributed by atoms with van der Waals surface area (Å²) in [5, 5.41) is 0. The van der Waals surface area contributed by atoms with Crippen molar-refractivity contribution in [2.24, 2.45) is 0 Å². The van der Waals surface area contributed by atoms with Crippen LogP contribution in [0.3, 0.4) is 0 Å². The molecule has 0 saturated carbocycles. The fraction of sp³-hybridized carbons (Fsp3) is 0.542. The van der Waals surface area contributed by atoms with Crippen molar-refractivity contribution in [3.63, 3.8) is 0 Å². The summed E-state index contributed by atoms with van der Waals surface area (Å²) in [6.07, 6.45) is -6.34. The van der Waals surface area contributed by atoms with E-state index in [1.165, 1.54) is 27.7 Å². The fourth-order valence-corrected chi connectivity index (χ4v) is 5.31. The van der Waals surface area contributed by atoms with Crippen LogP contribution in [0.1, 0.15) is 67.2 Å². The minimum atomic E-state index is -6.01. The number of carbonyl (C=O) groups is 2. The molecule has 0 atom stereocenters. The summed E-state index contributed by atoms with van der Waals surface area (Å²) in [6.45, 7) is 6.98. The van der Waals surface area contributed by atoms with Gasteiger partial charge in [0.05, 0.1) is 24.3 Å². The van der Waals surface area contributed by atoms with Crippen molar-refractivity contribution in [2.75, 3.05) is 17.8 Å². The van der Waals surface area contributed by atoms with Gasteiger partial charge in [-0.3, -0.25) is 4.90 Å². The summed E-state index contributed by atoms with van der Waals surface area (Å²) < 4.78 is 118. The summed E-state index contributed by atoms with van der Waals surface area (Å²) in [7, 11) is -3.37. The number of halogens is 6. The van der Waals surface area contributed by atoms with Crippen LogP contribution in [0.15, 0.2) is 23.2 Å². The number of alkyl halides is 6. The van der Waals surface area contributed by atoms with Gasteiger partial charge < -0.3 is 9.47 Å². The zero-order valence-corrected chi connectivity index (χ0v) is 24.2. The molecule has 0 aliphatic carbocycles. The summed E-state index contributed by atoms with van der Waals surface area (Å²) in [4.78, 5) is 27.3. The lowest BCUT2D eigenvalue weighted by molar-refractivity contribution is -0.287. The molecule has 16 heteroatoms. The van der Waals surface area contributed by atoms with Gasteiger partial charge in [-0.15, -0.1) is 11.3 Å². The highest BCUT2D eigenvalue weighted by molar-refractivity contribution is 7.91. The van der Waals surface area contributed by atoms with Crippen LogP contribution in [0.4, 0.5) is 37.0 Å². The molecule has 224 valence electrons. The van der Waals surface area contributed by atoms with Crippen molar-refractivity contribution in [1.82, 2.24) is 4.98 Å². The second-order valence-corrected chi connectivity index (χ2v) is 13.3. The number of hydrogen-bond donors (Lipinski definition) is 0. The minimum Gasteiger partial charge on any atom is -0.465 e. The first-order valence-electron chi connectivity index (χ1n) is 11.5. The van der Waals surface area contributed by atoms with Gasteiger partial charge in [0.25, 0.3) is 0 Å². The van der Waals surface area contributed by atoms with E-state index >= 15 is 0 Å². The van der Waals surface area contributed by atoms with Crippen LogP contribution >= 0.6 is 11.3 Å². The van der Waals surface area contributed by atoms with Crippen LogP contribution in [0, 0.1) is 0 Å². The number of anilines is 1. The van der Waals surface area contributed by atoms with Crippen LogP contribution in [0.25, 0.3) is 0 Å². The van der Waals surface area contributed by atoms with Gasteiger partial charge in [0.15, 0.2) is 15.7 Å². The van der Waals surface area contributed by atoms with Gasteiger partial charge in [0.1, 0.15) is 21.0 Å². The number of carbonyl (C=O) groups excluding carboxylic acids is 2. The quantitative estimate of drug-likeness (QED) is 0.245. The number of pyridine rings is 1. The molecule has 40 heavy (non-hydrogen) atoms. The maximum atomic E-state index is 14.7. The van der Waals surface area contributed by atoms with Crippen molar-refractivity contribution < 1.29 is 53.8 Å². The summed E-state index contributed by atoms with van der Waals surface area (Å²) >= 11 is -0.203. The van der Waals surface area contributed by atoms with E-state index in [0.29, 0.717) is 11.0 Å². The van der Waals surface area contributed by atoms with Gasteiger partial charge in [-0.25, -0.2) is 27.4 Å². The number of methoxy groups -OCH3 is 1. The molecule has 2 heterocycles. The largest absolute Gasteiger partial charge is 0.465 e. The first-order valence-corrected chi connectivity index (χ1v) is 14.0. The first-order chi connectivity index (χ1) is 18.0. The van der Waals surface area contributed by atoms with E-state index in [0.717, 1.165) is 33.2 Å². The van der Waals surface area contributed by atoms with E-state index < -0.39 is 83.6 Å². The third kappa shape index (κ3) is 7.25. The normalized spacial score (nSPS) is 13.2. The van der Waals surface area contributed by atoms with Crippen LogP contribution in [-0.4, -0.2) is 50.1 Å². The zero-order valence-electron chi connectivity index (χ0n) is 22.6. The smallest absolute Gasteiger partial charge is 0.458 e. The van der Waals surface area contributed by atoms with Crippen molar-refractivity contribution in [3.05, 3.63) is 39.2 Å². The van der Waals surface area contributed by atoms with Gasteiger partial charge in [-0.2, -0.15) is 22.0 Å². The Morgan fingerprint density at radius 3 is 2.05 bits per heavy atom. The van der Waals surface area contributed by atoms with Crippen LogP contribution in [0.2, 0.25) is 0 Å². The first kappa shape index (κ1) is 33.3. The molecule has 2 rings (SSSR count). The number of thiophene rings is 1. The number of rotatable bonds is 8. The molecule has 0 saturated heterocycles. The fourth-order valence-electron chi connectivity index (χ4n) is 3.17. The third-order valence-electron chi connectivity index (χ3n) is 5.28. The highest BCUT2D eigenvalue weighted by atomic mass is 32.2. The van der Waals surface area contributed by atoms with E-state index in [9.17, 15) is 44.3 Å². The Kier molecular flexibility index (Phi) is 9.32. The van der Waals surface area contributed by atoms with Gasteiger partial charge in [0, 0.05) is 11.8 Å². The van der Waals surface area contributed by atoms with Gasteiger partial charge in [0.2, 0.25) is 0 Å². The second-order valence-electron chi connectivity index (χ2n) is 10.0. The average Bonchev–Trinajstić information content (AvgIpc) is 3.24. The summed E-state index contributed by atoms with van der Waals surface area (Å²) in [5.74, 6) is -7.78. The zero-order chi connectivity index (χ0) is 31.1. The Balaban J connectivity index is 2.87. The van der Waals surface area contributed by atoms with E-state index in [-0.39, 0.29) is 16.9 Å². The minimum absolute atomic E-state index is 0.176. The molecule has 0 aliphatic heterocycles. The molecular weight excluding hydrogens is 590 g/mol. The molecule has 0 radical (unpaired) electrons. The predicted octanol–water partition coefficient (Wildman–Crippen LogP) is 6.52. The molecule has 0 aromatic carbocycles. The van der Waals surface area contributed by atoms with Gasteiger partial charge in [-0.05, 0) is 52.3 Å². The Hall–Kier alpha value is -2.88. The molecule has 0 bridgehead atoms. The highest BCUT2D eigenvalue weighted by Gasteiger charge is 2.60. The van der Waals surface area contributed by atoms with Gasteiger partial charge >= 0.3 is 24.2 Å². The number of hydrogen-bond acceptors (Lipinski definition) is 8. The van der Waals surface area contributed by atoms with Crippen LogP contribution in [-0.2, 0) is 37.4 Å². The van der Waals surface area contributed by atoms with E-state index in [2.05, 4.69) is 9.72 Å².